The maximum atomic E-state index is 11.3. The van der Waals surface area contributed by atoms with Gasteiger partial charge in [-0.25, -0.2) is 4.79 Å². The quantitative estimate of drug-likeness (QED) is 0.869. The summed E-state index contributed by atoms with van der Waals surface area (Å²) in [6, 6.07) is 2.52. The van der Waals surface area contributed by atoms with Crippen molar-refractivity contribution in [3.63, 3.8) is 0 Å². The van der Waals surface area contributed by atoms with Crippen LogP contribution >= 0.6 is 22.9 Å². The Morgan fingerprint density at radius 1 is 1.53 bits per heavy atom. The predicted molar refractivity (Wildman–Crippen MR) is 69.7 cm³/mol. The first-order chi connectivity index (χ1) is 9.10. The summed E-state index contributed by atoms with van der Waals surface area (Å²) in [5.41, 5.74) is 0. The number of aromatic nitrogens is 3. The molecule has 0 fully saturated rings. The fourth-order valence-corrected chi connectivity index (χ4v) is 2.25. The van der Waals surface area contributed by atoms with Crippen LogP contribution in [0, 0.1) is 0 Å². The van der Waals surface area contributed by atoms with E-state index < -0.39 is 12.0 Å². The van der Waals surface area contributed by atoms with E-state index in [-0.39, 0.29) is 17.2 Å². The van der Waals surface area contributed by atoms with Crippen LogP contribution in [0.4, 0.5) is 5.95 Å². The SMILES string of the molecule is COc1nc(Cl)nc(NC(C(=O)O)c2cccs2)n1. The van der Waals surface area contributed by atoms with Crippen LogP contribution in [-0.4, -0.2) is 33.1 Å². The molecule has 1 unspecified atom stereocenters. The smallest absolute Gasteiger partial charge is 0.331 e. The molecular formula is C10H9ClN4O3S. The molecule has 0 aliphatic carbocycles. The molecule has 0 aliphatic heterocycles. The molecule has 0 saturated heterocycles. The fourth-order valence-electron chi connectivity index (χ4n) is 1.33. The van der Waals surface area contributed by atoms with Gasteiger partial charge in [0.15, 0.2) is 6.04 Å². The highest BCUT2D eigenvalue weighted by atomic mass is 35.5. The molecule has 0 saturated carbocycles. The van der Waals surface area contributed by atoms with Crippen LogP contribution in [0.25, 0.3) is 0 Å². The van der Waals surface area contributed by atoms with Gasteiger partial charge in [-0.2, -0.15) is 15.0 Å². The van der Waals surface area contributed by atoms with Crippen molar-refractivity contribution in [2.24, 2.45) is 0 Å². The Kier molecular flexibility index (Phi) is 4.13. The average Bonchev–Trinajstić information content (AvgIpc) is 2.88. The lowest BCUT2D eigenvalue weighted by Crippen LogP contribution is -2.21. The number of methoxy groups -OCH3 is 1. The third-order valence-electron chi connectivity index (χ3n) is 2.12. The number of carboxylic acid groups (broad SMARTS) is 1. The molecule has 2 rings (SSSR count). The number of nitrogens with zero attached hydrogens (tertiary/aromatic N) is 3. The lowest BCUT2D eigenvalue weighted by atomic mass is 10.2. The molecular weight excluding hydrogens is 292 g/mol. The maximum Gasteiger partial charge on any atom is 0.331 e. The van der Waals surface area contributed by atoms with Crippen LogP contribution in [0.5, 0.6) is 6.01 Å². The summed E-state index contributed by atoms with van der Waals surface area (Å²) in [6.45, 7) is 0. The molecule has 0 radical (unpaired) electrons. The number of carbonyl (C=O) groups is 1. The van der Waals surface area contributed by atoms with Crippen molar-refractivity contribution in [1.82, 2.24) is 15.0 Å². The minimum absolute atomic E-state index is 0.0119. The molecule has 0 aliphatic rings. The highest BCUT2D eigenvalue weighted by Gasteiger charge is 2.22. The molecule has 19 heavy (non-hydrogen) atoms. The molecule has 100 valence electrons. The molecule has 0 aromatic carbocycles. The monoisotopic (exact) mass is 300 g/mol. The zero-order valence-electron chi connectivity index (χ0n) is 9.70. The van der Waals surface area contributed by atoms with Crippen molar-refractivity contribution in [3.8, 4) is 6.01 Å². The average molecular weight is 301 g/mol. The molecule has 1 atom stereocenters. The standard InChI is InChI=1S/C10H9ClN4O3S/c1-18-10-14-8(11)13-9(15-10)12-6(7(16)17)5-3-2-4-19-5/h2-4,6H,1H3,(H,16,17)(H,12,13,14,15). The Morgan fingerprint density at radius 3 is 2.89 bits per heavy atom. The number of anilines is 1. The first-order valence-electron chi connectivity index (χ1n) is 5.08. The summed E-state index contributed by atoms with van der Waals surface area (Å²) in [5, 5.41) is 13.6. The fraction of sp³-hybridized carbons (Fsp3) is 0.200. The van der Waals surface area contributed by atoms with Crippen molar-refractivity contribution in [3.05, 3.63) is 27.7 Å². The molecule has 2 aromatic heterocycles. The van der Waals surface area contributed by atoms with E-state index in [1.165, 1.54) is 18.4 Å². The van der Waals surface area contributed by atoms with E-state index in [1.54, 1.807) is 17.5 Å². The molecule has 0 amide bonds. The molecule has 2 heterocycles. The highest BCUT2D eigenvalue weighted by Crippen LogP contribution is 2.23. The number of ether oxygens (including phenoxy) is 1. The molecule has 7 nitrogen and oxygen atoms in total. The minimum Gasteiger partial charge on any atom is -0.479 e. The zero-order chi connectivity index (χ0) is 13.8. The van der Waals surface area contributed by atoms with Gasteiger partial charge in [-0.15, -0.1) is 11.3 Å². The Morgan fingerprint density at radius 2 is 2.32 bits per heavy atom. The highest BCUT2D eigenvalue weighted by molar-refractivity contribution is 7.10. The van der Waals surface area contributed by atoms with Crippen LogP contribution in [-0.2, 0) is 4.79 Å². The van der Waals surface area contributed by atoms with Gasteiger partial charge in [0.25, 0.3) is 0 Å². The largest absolute Gasteiger partial charge is 0.479 e. The molecule has 0 spiro atoms. The van der Waals surface area contributed by atoms with Gasteiger partial charge < -0.3 is 15.2 Å². The lowest BCUT2D eigenvalue weighted by molar-refractivity contribution is -0.138. The summed E-state index contributed by atoms with van der Waals surface area (Å²) in [4.78, 5) is 23.3. The second kappa shape index (κ2) is 5.81. The molecule has 2 N–H and O–H groups in total. The van der Waals surface area contributed by atoms with Crippen molar-refractivity contribution in [2.75, 3.05) is 12.4 Å². The second-order valence-corrected chi connectivity index (χ2v) is 4.66. The topological polar surface area (TPSA) is 97.2 Å². The summed E-state index contributed by atoms with van der Waals surface area (Å²) >= 11 is 7.00. The first kappa shape index (κ1) is 13.5. The van der Waals surface area contributed by atoms with Crippen molar-refractivity contribution in [2.45, 2.75) is 6.04 Å². The Hall–Kier alpha value is -1.93. The number of hydrogen-bond acceptors (Lipinski definition) is 7. The van der Waals surface area contributed by atoms with Gasteiger partial charge >= 0.3 is 12.0 Å². The second-order valence-electron chi connectivity index (χ2n) is 3.35. The van der Waals surface area contributed by atoms with Crippen LogP contribution in [0.1, 0.15) is 10.9 Å². The zero-order valence-corrected chi connectivity index (χ0v) is 11.3. The summed E-state index contributed by atoms with van der Waals surface area (Å²) < 4.78 is 4.84. The third kappa shape index (κ3) is 3.30. The number of halogens is 1. The van der Waals surface area contributed by atoms with Crippen LogP contribution in [0.15, 0.2) is 17.5 Å². The van der Waals surface area contributed by atoms with Gasteiger partial charge in [0.1, 0.15) is 0 Å². The number of rotatable bonds is 5. The molecule has 9 heteroatoms. The number of thiophene rings is 1. The predicted octanol–water partition coefficient (Wildman–Crippen LogP) is 1.83. The number of nitrogens with one attached hydrogen (secondary N) is 1. The van der Waals surface area contributed by atoms with Crippen LogP contribution in [0.3, 0.4) is 0 Å². The van der Waals surface area contributed by atoms with Gasteiger partial charge in [0.05, 0.1) is 7.11 Å². The van der Waals surface area contributed by atoms with Gasteiger partial charge in [-0.3, -0.25) is 0 Å². The van der Waals surface area contributed by atoms with E-state index in [4.69, 9.17) is 16.3 Å². The third-order valence-corrected chi connectivity index (χ3v) is 3.22. The van der Waals surface area contributed by atoms with E-state index in [0.29, 0.717) is 4.88 Å². The minimum atomic E-state index is -1.04. The maximum absolute atomic E-state index is 11.3. The Labute approximate surface area is 117 Å². The summed E-state index contributed by atoms with van der Waals surface area (Å²) in [5.74, 6) is -1.00. The first-order valence-corrected chi connectivity index (χ1v) is 6.34. The summed E-state index contributed by atoms with van der Waals surface area (Å²) in [6.07, 6.45) is 0. The van der Waals surface area contributed by atoms with Gasteiger partial charge in [0.2, 0.25) is 11.2 Å². The van der Waals surface area contributed by atoms with Gasteiger partial charge in [0, 0.05) is 4.88 Å². The van der Waals surface area contributed by atoms with Crippen molar-refractivity contribution >= 4 is 34.9 Å². The number of aliphatic carboxylic acids is 1. The molecule has 2 aromatic rings. The van der Waals surface area contributed by atoms with Crippen molar-refractivity contribution < 1.29 is 14.6 Å². The van der Waals surface area contributed by atoms with E-state index in [0.717, 1.165) is 0 Å². The van der Waals surface area contributed by atoms with Gasteiger partial charge in [-0.1, -0.05) is 6.07 Å². The normalized spacial score (nSPS) is 11.9. The van der Waals surface area contributed by atoms with Crippen LogP contribution < -0.4 is 10.1 Å². The number of hydrogen-bond donors (Lipinski definition) is 2. The van der Waals surface area contributed by atoms with Gasteiger partial charge in [-0.05, 0) is 23.0 Å². The van der Waals surface area contributed by atoms with E-state index in [9.17, 15) is 9.90 Å². The lowest BCUT2D eigenvalue weighted by Gasteiger charge is -2.12. The number of carboxylic acids is 1. The Bertz CT molecular complexity index is 578. The molecule has 0 bridgehead atoms. The van der Waals surface area contributed by atoms with Crippen LogP contribution in [0.2, 0.25) is 5.28 Å². The summed E-state index contributed by atoms with van der Waals surface area (Å²) in [7, 11) is 1.38. The Balaban J connectivity index is 2.27. The van der Waals surface area contributed by atoms with E-state index in [2.05, 4.69) is 20.3 Å². The van der Waals surface area contributed by atoms with E-state index in [1.807, 2.05) is 0 Å². The van der Waals surface area contributed by atoms with Crippen molar-refractivity contribution in [1.29, 1.82) is 0 Å². The van der Waals surface area contributed by atoms with E-state index >= 15 is 0 Å².